The van der Waals surface area contributed by atoms with Gasteiger partial charge in [-0.2, -0.15) is 0 Å². The Morgan fingerprint density at radius 1 is 1.47 bits per heavy atom. The largest absolute Gasteiger partial charge is 0.351 e. The fourth-order valence-electron chi connectivity index (χ4n) is 1.43. The molecule has 0 spiro atoms. The highest BCUT2D eigenvalue weighted by molar-refractivity contribution is 7.99. The number of carbonyl (C=O) groups excluding carboxylic acids is 1. The molecule has 0 aliphatic rings. The number of thioether (sulfide) groups is 1. The van der Waals surface area contributed by atoms with E-state index in [2.05, 4.69) is 5.32 Å². The van der Waals surface area contributed by atoms with Crippen LogP contribution in [0.15, 0.2) is 18.2 Å². The van der Waals surface area contributed by atoms with Crippen LogP contribution in [0.4, 0.5) is 4.39 Å². The van der Waals surface area contributed by atoms with Crippen molar-refractivity contribution in [3.05, 3.63) is 34.6 Å². The van der Waals surface area contributed by atoms with Gasteiger partial charge in [-0.15, -0.1) is 11.8 Å². The number of amides is 1. The van der Waals surface area contributed by atoms with E-state index < -0.39 is 0 Å². The molecule has 0 heterocycles. The summed E-state index contributed by atoms with van der Waals surface area (Å²) in [5.74, 6) is -0.00192. The maximum Gasteiger partial charge on any atom is 0.233 e. The van der Waals surface area contributed by atoms with Crippen LogP contribution in [-0.2, 0) is 10.5 Å². The molecule has 0 aromatic heterocycles. The van der Waals surface area contributed by atoms with E-state index in [0.29, 0.717) is 16.3 Å². The second kappa shape index (κ2) is 6.62. The minimum Gasteiger partial charge on any atom is -0.351 e. The van der Waals surface area contributed by atoms with Gasteiger partial charge in [-0.05, 0) is 39.8 Å². The summed E-state index contributed by atoms with van der Waals surface area (Å²) in [6.45, 7) is 7.59. The molecule has 0 saturated heterocycles. The van der Waals surface area contributed by atoms with Crippen molar-refractivity contribution >= 4 is 29.3 Å². The van der Waals surface area contributed by atoms with Gasteiger partial charge in [0.25, 0.3) is 0 Å². The Bertz CT molecular complexity index is 439. The normalized spacial score (nSPS) is 13.2. The summed E-state index contributed by atoms with van der Waals surface area (Å²) in [5.41, 5.74) is 0.186. The van der Waals surface area contributed by atoms with Gasteiger partial charge in [0.2, 0.25) is 5.91 Å². The van der Waals surface area contributed by atoms with Crippen LogP contribution in [-0.4, -0.2) is 16.7 Å². The Balaban J connectivity index is 2.59. The van der Waals surface area contributed by atoms with Gasteiger partial charge < -0.3 is 5.32 Å². The Morgan fingerprint density at radius 2 is 2.11 bits per heavy atom. The number of hydrogen-bond acceptors (Lipinski definition) is 2. The van der Waals surface area contributed by atoms with Crippen LogP contribution in [0.1, 0.15) is 33.3 Å². The second-order valence-electron chi connectivity index (χ2n) is 5.39. The third-order valence-electron chi connectivity index (χ3n) is 2.41. The number of halogens is 2. The first-order valence-corrected chi connectivity index (χ1v) is 7.50. The maximum atomic E-state index is 13.6. The van der Waals surface area contributed by atoms with Crippen LogP contribution in [0.25, 0.3) is 0 Å². The number of nitrogens with one attached hydrogen (secondary N) is 1. The number of carbonyl (C=O) groups is 1. The number of hydrogen-bond donors (Lipinski definition) is 1. The van der Waals surface area contributed by atoms with Crippen molar-refractivity contribution in [2.24, 2.45) is 0 Å². The van der Waals surface area contributed by atoms with Gasteiger partial charge in [0, 0.05) is 21.9 Å². The summed E-state index contributed by atoms with van der Waals surface area (Å²) >= 11 is 7.32. The van der Waals surface area contributed by atoms with Crippen LogP contribution in [0.5, 0.6) is 0 Å². The summed E-state index contributed by atoms with van der Waals surface area (Å²) in [6, 6.07) is 4.60. The van der Waals surface area contributed by atoms with E-state index in [1.807, 2.05) is 20.8 Å². The average Bonchev–Trinajstić information content (AvgIpc) is 2.25. The average molecular weight is 304 g/mol. The highest BCUT2D eigenvalue weighted by Gasteiger charge is 2.20. The van der Waals surface area contributed by atoms with E-state index >= 15 is 0 Å². The molecular formula is C14H19ClFNOS. The lowest BCUT2D eigenvalue weighted by molar-refractivity contribution is -0.121. The van der Waals surface area contributed by atoms with E-state index in [9.17, 15) is 9.18 Å². The van der Waals surface area contributed by atoms with Crippen molar-refractivity contribution in [3.8, 4) is 0 Å². The first-order valence-electron chi connectivity index (χ1n) is 6.07. The van der Waals surface area contributed by atoms with Gasteiger partial charge >= 0.3 is 0 Å². The Morgan fingerprint density at radius 3 is 2.63 bits per heavy atom. The SMILES string of the molecule is CC(SCc1c(F)cccc1Cl)C(=O)NC(C)(C)C. The van der Waals surface area contributed by atoms with Crippen molar-refractivity contribution in [2.75, 3.05) is 0 Å². The lowest BCUT2D eigenvalue weighted by Gasteiger charge is -2.23. The molecule has 1 rings (SSSR count). The van der Waals surface area contributed by atoms with Gasteiger partial charge in [0.1, 0.15) is 5.82 Å². The smallest absolute Gasteiger partial charge is 0.233 e. The molecule has 1 aromatic rings. The standard InChI is InChI=1S/C14H19ClFNOS/c1-9(13(18)17-14(2,3)4)19-8-10-11(15)6-5-7-12(10)16/h5-7,9H,8H2,1-4H3,(H,17,18). The minimum atomic E-state index is -0.330. The molecule has 1 N–H and O–H groups in total. The summed E-state index contributed by atoms with van der Waals surface area (Å²) in [7, 11) is 0. The molecule has 1 aromatic carbocycles. The van der Waals surface area contributed by atoms with Crippen LogP contribution < -0.4 is 5.32 Å². The molecule has 0 bridgehead atoms. The molecule has 1 atom stereocenters. The van der Waals surface area contributed by atoms with Crippen LogP contribution in [0.3, 0.4) is 0 Å². The fraction of sp³-hybridized carbons (Fsp3) is 0.500. The van der Waals surface area contributed by atoms with Crippen molar-refractivity contribution in [2.45, 2.75) is 44.2 Å². The summed E-state index contributed by atoms with van der Waals surface area (Å²) in [5, 5.41) is 3.04. The molecule has 106 valence electrons. The number of benzene rings is 1. The zero-order valence-electron chi connectivity index (χ0n) is 11.6. The van der Waals surface area contributed by atoms with Gasteiger partial charge in [0.05, 0.1) is 5.25 Å². The summed E-state index contributed by atoms with van der Waals surface area (Å²) < 4.78 is 13.6. The molecule has 5 heteroatoms. The highest BCUT2D eigenvalue weighted by Crippen LogP contribution is 2.26. The zero-order chi connectivity index (χ0) is 14.6. The molecular weight excluding hydrogens is 285 g/mol. The lowest BCUT2D eigenvalue weighted by Crippen LogP contribution is -2.44. The molecule has 0 aliphatic carbocycles. The maximum absolute atomic E-state index is 13.6. The molecule has 0 aliphatic heterocycles. The van der Waals surface area contributed by atoms with Crippen molar-refractivity contribution < 1.29 is 9.18 Å². The zero-order valence-corrected chi connectivity index (χ0v) is 13.2. The van der Waals surface area contributed by atoms with Gasteiger partial charge in [0.15, 0.2) is 0 Å². The molecule has 2 nitrogen and oxygen atoms in total. The van der Waals surface area contributed by atoms with Gasteiger partial charge in [-0.25, -0.2) is 4.39 Å². The lowest BCUT2D eigenvalue weighted by atomic mass is 10.1. The van der Waals surface area contributed by atoms with E-state index in [1.165, 1.54) is 17.8 Å². The van der Waals surface area contributed by atoms with E-state index in [1.54, 1.807) is 19.1 Å². The van der Waals surface area contributed by atoms with Crippen LogP contribution in [0, 0.1) is 5.82 Å². The quantitative estimate of drug-likeness (QED) is 0.910. The summed E-state index contributed by atoms with van der Waals surface area (Å²) in [4.78, 5) is 11.9. The van der Waals surface area contributed by atoms with Crippen LogP contribution in [0.2, 0.25) is 5.02 Å². The van der Waals surface area contributed by atoms with Crippen molar-refractivity contribution in [1.29, 1.82) is 0 Å². The Labute approximate surface area is 123 Å². The van der Waals surface area contributed by atoms with Crippen molar-refractivity contribution in [1.82, 2.24) is 5.32 Å². The van der Waals surface area contributed by atoms with Gasteiger partial charge in [-0.3, -0.25) is 4.79 Å². The first-order chi connectivity index (χ1) is 8.70. The molecule has 1 unspecified atom stereocenters. The van der Waals surface area contributed by atoms with E-state index in [-0.39, 0.29) is 22.5 Å². The third-order valence-corrected chi connectivity index (χ3v) is 3.93. The predicted molar refractivity (Wildman–Crippen MR) is 80.1 cm³/mol. The van der Waals surface area contributed by atoms with E-state index in [0.717, 1.165) is 0 Å². The Hall–Kier alpha value is -0.740. The first kappa shape index (κ1) is 16.3. The molecule has 0 radical (unpaired) electrons. The third kappa shape index (κ3) is 5.41. The fourth-order valence-corrected chi connectivity index (χ4v) is 2.65. The Kier molecular flexibility index (Phi) is 5.68. The second-order valence-corrected chi connectivity index (χ2v) is 7.13. The van der Waals surface area contributed by atoms with E-state index in [4.69, 9.17) is 11.6 Å². The van der Waals surface area contributed by atoms with Gasteiger partial charge in [-0.1, -0.05) is 17.7 Å². The minimum absolute atomic E-state index is 0.0510. The predicted octanol–water partition coefficient (Wildman–Crippen LogP) is 4.02. The molecule has 19 heavy (non-hydrogen) atoms. The van der Waals surface area contributed by atoms with Crippen LogP contribution >= 0.6 is 23.4 Å². The monoisotopic (exact) mass is 303 g/mol. The molecule has 0 fully saturated rings. The number of rotatable bonds is 4. The molecule has 0 saturated carbocycles. The highest BCUT2D eigenvalue weighted by atomic mass is 35.5. The molecule has 1 amide bonds. The van der Waals surface area contributed by atoms with Crippen molar-refractivity contribution in [3.63, 3.8) is 0 Å². The summed E-state index contributed by atoms with van der Waals surface area (Å²) in [6.07, 6.45) is 0. The topological polar surface area (TPSA) is 29.1 Å².